The zero-order valence-electron chi connectivity index (χ0n) is 11.1. The topological polar surface area (TPSA) is 71.8 Å². The molecule has 1 heterocycles. The molecule has 2 aliphatic carbocycles. The molecule has 2 aliphatic rings. The molecule has 6 heteroatoms. The van der Waals surface area contributed by atoms with E-state index in [0.717, 1.165) is 25.1 Å². The third-order valence-electron chi connectivity index (χ3n) is 3.76. The second kappa shape index (κ2) is 5.69. The summed E-state index contributed by atoms with van der Waals surface area (Å²) in [6, 6.07) is 1.03. The summed E-state index contributed by atoms with van der Waals surface area (Å²) >= 11 is 0. The lowest BCUT2D eigenvalue weighted by Gasteiger charge is -2.11. The molecule has 0 spiro atoms. The van der Waals surface area contributed by atoms with Crippen molar-refractivity contribution < 1.29 is 4.79 Å². The highest BCUT2D eigenvalue weighted by Gasteiger charge is 2.21. The predicted octanol–water partition coefficient (Wildman–Crippen LogP) is 0.589. The van der Waals surface area contributed by atoms with Gasteiger partial charge in [-0.05, 0) is 25.7 Å². The summed E-state index contributed by atoms with van der Waals surface area (Å²) in [4.78, 5) is 11.8. The first-order valence-corrected chi connectivity index (χ1v) is 7.21. The predicted molar refractivity (Wildman–Crippen MR) is 70.3 cm³/mol. The zero-order chi connectivity index (χ0) is 13.1. The second-order valence-corrected chi connectivity index (χ2v) is 5.61. The highest BCUT2D eigenvalue weighted by atomic mass is 16.2. The second-order valence-electron chi connectivity index (χ2n) is 5.61. The number of carbonyl (C=O) groups excluding carboxylic acids is 1. The minimum atomic E-state index is 0.0403. The van der Waals surface area contributed by atoms with Gasteiger partial charge in [0, 0.05) is 18.6 Å². The molecule has 2 fully saturated rings. The third kappa shape index (κ3) is 3.76. The summed E-state index contributed by atoms with van der Waals surface area (Å²) in [6.45, 7) is 1.02. The van der Waals surface area contributed by atoms with Gasteiger partial charge in [0.25, 0.3) is 0 Å². The summed E-state index contributed by atoms with van der Waals surface area (Å²) < 4.78 is 1.62. The number of nitrogens with one attached hydrogen (secondary N) is 2. The monoisotopic (exact) mass is 263 g/mol. The number of aromatic nitrogens is 3. The van der Waals surface area contributed by atoms with Crippen molar-refractivity contribution in [2.45, 2.75) is 63.7 Å². The van der Waals surface area contributed by atoms with Gasteiger partial charge in [0.2, 0.25) is 5.91 Å². The van der Waals surface area contributed by atoms with Crippen LogP contribution in [0.15, 0.2) is 6.20 Å². The Balaban J connectivity index is 1.44. The standard InChI is InChI=1S/C13H21N5O/c19-13(15-11-3-1-2-4-11)9-18-8-12(16-17-18)7-14-10-5-6-10/h8,10-11,14H,1-7,9H2,(H,15,19). The van der Waals surface area contributed by atoms with E-state index in [4.69, 9.17) is 0 Å². The van der Waals surface area contributed by atoms with E-state index in [0.29, 0.717) is 12.1 Å². The van der Waals surface area contributed by atoms with Crippen LogP contribution < -0.4 is 10.6 Å². The van der Waals surface area contributed by atoms with Crippen LogP contribution in [-0.4, -0.2) is 33.0 Å². The number of hydrogen-bond donors (Lipinski definition) is 2. The van der Waals surface area contributed by atoms with Crippen LogP contribution in [0.3, 0.4) is 0 Å². The average Bonchev–Trinajstić information content (AvgIpc) is 2.88. The fourth-order valence-corrected chi connectivity index (χ4v) is 2.52. The van der Waals surface area contributed by atoms with Crippen LogP contribution >= 0.6 is 0 Å². The Hall–Kier alpha value is -1.43. The number of nitrogens with zero attached hydrogens (tertiary/aromatic N) is 3. The third-order valence-corrected chi connectivity index (χ3v) is 3.76. The van der Waals surface area contributed by atoms with Crippen molar-refractivity contribution in [2.24, 2.45) is 0 Å². The Morgan fingerprint density at radius 3 is 2.79 bits per heavy atom. The first-order valence-electron chi connectivity index (χ1n) is 7.21. The first-order chi connectivity index (χ1) is 9.29. The Labute approximate surface area is 112 Å². The maximum atomic E-state index is 11.8. The molecule has 2 N–H and O–H groups in total. The molecule has 3 rings (SSSR count). The Bertz CT molecular complexity index is 434. The zero-order valence-corrected chi connectivity index (χ0v) is 11.1. The van der Waals surface area contributed by atoms with Crippen molar-refractivity contribution in [3.8, 4) is 0 Å². The molecule has 0 radical (unpaired) electrons. The van der Waals surface area contributed by atoms with Crippen molar-refractivity contribution in [2.75, 3.05) is 0 Å². The highest BCUT2D eigenvalue weighted by molar-refractivity contribution is 5.75. The molecule has 0 saturated heterocycles. The fraction of sp³-hybridized carbons (Fsp3) is 0.769. The van der Waals surface area contributed by atoms with Gasteiger partial charge >= 0.3 is 0 Å². The van der Waals surface area contributed by atoms with E-state index in [-0.39, 0.29) is 12.5 Å². The molecule has 0 bridgehead atoms. The summed E-state index contributed by atoms with van der Waals surface area (Å²) in [7, 11) is 0. The van der Waals surface area contributed by atoms with Crippen LogP contribution in [0.25, 0.3) is 0 Å². The maximum absolute atomic E-state index is 11.8. The smallest absolute Gasteiger partial charge is 0.242 e. The summed E-state index contributed by atoms with van der Waals surface area (Å²) in [5.41, 5.74) is 0.903. The Kier molecular flexibility index (Phi) is 3.77. The molecule has 19 heavy (non-hydrogen) atoms. The van der Waals surface area contributed by atoms with Gasteiger partial charge in [-0.15, -0.1) is 5.10 Å². The molecule has 1 aromatic rings. The number of rotatable bonds is 6. The lowest BCUT2D eigenvalue weighted by atomic mass is 10.2. The van der Waals surface area contributed by atoms with Gasteiger partial charge < -0.3 is 10.6 Å². The van der Waals surface area contributed by atoms with E-state index < -0.39 is 0 Å². The lowest BCUT2D eigenvalue weighted by molar-refractivity contribution is -0.122. The first kappa shape index (κ1) is 12.6. The molecule has 6 nitrogen and oxygen atoms in total. The van der Waals surface area contributed by atoms with Gasteiger partial charge in [0.05, 0.1) is 11.9 Å². The quantitative estimate of drug-likeness (QED) is 0.788. The molecule has 0 aliphatic heterocycles. The van der Waals surface area contributed by atoms with Crippen molar-refractivity contribution in [3.05, 3.63) is 11.9 Å². The SMILES string of the molecule is O=C(Cn1cc(CNC2CC2)nn1)NC1CCCC1. The normalized spacial score (nSPS) is 19.8. The summed E-state index contributed by atoms with van der Waals surface area (Å²) in [5.74, 6) is 0.0403. The van der Waals surface area contributed by atoms with Crippen LogP contribution in [0.1, 0.15) is 44.2 Å². The van der Waals surface area contributed by atoms with E-state index >= 15 is 0 Å². The number of hydrogen-bond acceptors (Lipinski definition) is 4. The van der Waals surface area contributed by atoms with E-state index in [9.17, 15) is 4.79 Å². The molecule has 0 unspecified atom stereocenters. The fourth-order valence-electron chi connectivity index (χ4n) is 2.52. The maximum Gasteiger partial charge on any atom is 0.242 e. The van der Waals surface area contributed by atoms with Gasteiger partial charge in [0.15, 0.2) is 0 Å². The van der Waals surface area contributed by atoms with Crippen LogP contribution in [0, 0.1) is 0 Å². The van der Waals surface area contributed by atoms with E-state index in [1.165, 1.54) is 25.7 Å². The van der Waals surface area contributed by atoms with Crippen LogP contribution in [-0.2, 0) is 17.9 Å². The van der Waals surface area contributed by atoms with Crippen LogP contribution in [0.2, 0.25) is 0 Å². The van der Waals surface area contributed by atoms with Crippen molar-refractivity contribution in [3.63, 3.8) is 0 Å². The molecule has 2 saturated carbocycles. The largest absolute Gasteiger partial charge is 0.352 e. The lowest BCUT2D eigenvalue weighted by Crippen LogP contribution is -2.35. The number of amides is 1. The summed E-state index contributed by atoms with van der Waals surface area (Å²) in [6.07, 6.45) is 9.05. The van der Waals surface area contributed by atoms with E-state index in [1.54, 1.807) is 4.68 Å². The molecular formula is C13H21N5O. The highest BCUT2D eigenvalue weighted by Crippen LogP contribution is 2.19. The van der Waals surface area contributed by atoms with E-state index in [2.05, 4.69) is 20.9 Å². The van der Waals surface area contributed by atoms with Crippen molar-refractivity contribution in [1.29, 1.82) is 0 Å². The Morgan fingerprint density at radius 1 is 1.26 bits per heavy atom. The minimum absolute atomic E-state index is 0.0403. The van der Waals surface area contributed by atoms with E-state index in [1.807, 2.05) is 6.20 Å². The van der Waals surface area contributed by atoms with Gasteiger partial charge in [-0.2, -0.15) is 0 Å². The van der Waals surface area contributed by atoms with Crippen LogP contribution in [0.4, 0.5) is 0 Å². The molecule has 1 amide bonds. The van der Waals surface area contributed by atoms with Crippen LogP contribution in [0.5, 0.6) is 0 Å². The average molecular weight is 263 g/mol. The van der Waals surface area contributed by atoms with Crippen molar-refractivity contribution in [1.82, 2.24) is 25.6 Å². The van der Waals surface area contributed by atoms with Gasteiger partial charge in [-0.1, -0.05) is 18.1 Å². The Morgan fingerprint density at radius 2 is 2.05 bits per heavy atom. The summed E-state index contributed by atoms with van der Waals surface area (Å²) in [5, 5.41) is 14.5. The molecule has 0 aromatic carbocycles. The van der Waals surface area contributed by atoms with Gasteiger partial charge in [-0.3, -0.25) is 4.79 Å². The minimum Gasteiger partial charge on any atom is -0.352 e. The van der Waals surface area contributed by atoms with Crippen molar-refractivity contribution >= 4 is 5.91 Å². The molecule has 0 atom stereocenters. The van der Waals surface area contributed by atoms with Gasteiger partial charge in [-0.25, -0.2) is 4.68 Å². The molecule has 1 aromatic heterocycles. The molecule has 104 valence electrons. The molecular weight excluding hydrogens is 242 g/mol. The van der Waals surface area contributed by atoms with Gasteiger partial charge in [0.1, 0.15) is 6.54 Å². The number of carbonyl (C=O) groups is 1.